The van der Waals surface area contributed by atoms with E-state index in [1.165, 1.54) is 0 Å². The molecule has 0 aliphatic carbocycles. The standard InChI is InChI=1S/C17H16N2O/c1-13-7-9-16(10-8-13)19-17(20)15-6-2-4-14(12-15)5-3-11-18/h2,4,6-10,12H,11,18H2,1H3,(H,19,20). The van der Waals surface area contributed by atoms with Crippen LogP contribution in [0.5, 0.6) is 0 Å². The van der Waals surface area contributed by atoms with Crippen molar-refractivity contribution in [1.82, 2.24) is 0 Å². The summed E-state index contributed by atoms with van der Waals surface area (Å²) in [5.74, 6) is 5.54. The van der Waals surface area contributed by atoms with Crippen molar-refractivity contribution in [2.45, 2.75) is 6.92 Å². The minimum atomic E-state index is -0.148. The molecule has 2 aromatic carbocycles. The van der Waals surface area contributed by atoms with Crippen molar-refractivity contribution in [3.63, 3.8) is 0 Å². The fraction of sp³-hybridized carbons (Fsp3) is 0.118. The summed E-state index contributed by atoms with van der Waals surface area (Å²) >= 11 is 0. The van der Waals surface area contributed by atoms with Crippen LogP contribution >= 0.6 is 0 Å². The fourth-order valence-corrected chi connectivity index (χ4v) is 1.73. The topological polar surface area (TPSA) is 55.1 Å². The van der Waals surface area contributed by atoms with Crippen molar-refractivity contribution in [1.29, 1.82) is 0 Å². The van der Waals surface area contributed by atoms with Gasteiger partial charge in [-0.3, -0.25) is 4.79 Å². The number of anilines is 1. The lowest BCUT2D eigenvalue weighted by Gasteiger charge is -2.06. The number of aryl methyl sites for hydroxylation is 1. The summed E-state index contributed by atoms with van der Waals surface area (Å²) in [4.78, 5) is 12.1. The van der Waals surface area contributed by atoms with Crippen LogP contribution in [0.2, 0.25) is 0 Å². The van der Waals surface area contributed by atoms with E-state index >= 15 is 0 Å². The van der Waals surface area contributed by atoms with Crippen molar-refractivity contribution in [2.75, 3.05) is 11.9 Å². The van der Waals surface area contributed by atoms with E-state index in [1.54, 1.807) is 12.1 Å². The Morgan fingerprint density at radius 2 is 1.95 bits per heavy atom. The van der Waals surface area contributed by atoms with Crippen LogP contribution in [0.1, 0.15) is 21.5 Å². The Hall–Kier alpha value is -2.57. The molecule has 0 atom stereocenters. The van der Waals surface area contributed by atoms with Gasteiger partial charge in [0.25, 0.3) is 5.91 Å². The zero-order valence-corrected chi connectivity index (χ0v) is 11.3. The van der Waals surface area contributed by atoms with Crippen molar-refractivity contribution >= 4 is 11.6 Å². The highest BCUT2D eigenvalue weighted by Crippen LogP contribution is 2.11. The summed E-state index contributed by atoms with van der Waals surface area (Å²) in [5, 5.41) is 2.86. The molecular formula is C17H16N2O. The van der Waals surface area contributed by atoms with Gasteiger partial charge in [-0.15, -0.1) is 0 Å². The fourth-order valence-electron chi connectivity index (χ4n) is 1.73. The Balaban J connectivity index is 2.14. The van der Waals surface area contributed by atoms with Crippen LogP contribution in [-0.2, 0) is 0 Å². The SMILES string of the molecule is Cc1ccc(NC(=O)c2cccc(C#CCN)c2)cc1. The van der Waals surface area contributed by atoms with Gasteiger partial charge in [-0.2, -0.15) is 0 Å². The number of nitrogens with two attached hydrogens (primary N) is 1. The van der Waals surface area contributed by atoms with Crippen LogP contribution < -0.4 is 11.1 Å². The second kappa shape index (κ2) is 6.55. The highest BCUT2D eigenvalue weighted by atomic mass is 16.1. The molecule has 0 saturated heterocycles. The number of hydrogen-bond acceptors (Lipinski definition) is 2. The van der Waals surface area contributed by atoms with E-state index in [9.17, 15) is 4.79 Å². The third kappa shape index (κ3) is 3.71. The Morgan fingerprint density at radius 3 is 2.65 bits per heavy atom. The van der Waals surface area contributed by atoms with Gasteiger partial charge in [-0.25, -0.2) is 0 Å². The molecule has 0 aliphatic rings. The summed E-state index contributed by atoms with van der Waals surface area (Å²) in [5.41, 5.74) is 8.63. The number of hydrogen-bond donors (Lipinski definition) is 2. The number of benzene rings is 2. The molecule has 2 aromatic rings. The minimum Gasteiger partial charge on any atom is -0.322 e. The van der Waals surface area contributed by atoms with Gasteiger partial charge >= 0.3 is 0 Å². The molecule has 0 aromatic heterocycles. The van der Waals surface area contributed by atoms with Gasteiger partial charge in [0.05, 0.1) is 6.54 Å². The lowest BCUT2D eigenvalue weighted by atomic mass is 10.1. The van der Waals surface area contributed by atoms with Gasteiger partial charge in [0.1, 0.15) is 0 Å². The van der Waals surface area contributed by atoms with E-state index in [0.29, 0.717) is 12.1 Å². The van der Waals surface area contributed by atoms with Crippen molar-refractivity contribution in [3.8, 4) is 11.8 Å². The summed E-state index contributed by atoms with van der Waals surface area (Å²) in [6, 6.07) is 14.9. The number of carbonyl (C=O) groups is 1. The zero-order valence-electron chi connectivity index (χ0n) is 11.3. The van der Waals surface area contributed by atoms with E-state index in [0.717, 1.165) is 16.8 Å². The first kappa shape index (κ1) is 13.9. The van der Waals surface area contributed by atoms with Gasteiger partial charge in [-0.1, -0.05) is 35.6 Å². The molecule has 0 bridgehead atoms. The molecule has 0 fully saturated rings. The third-order valence-electron chi connectivity index (χ3n) is 2.77. The second-order valence-corrected chi connectivity index (χ2v) is 4.41. The number of nitrogens with one attached hydrogen (secondary N) is 1. The van der Waals surface area contributed by atoms with Gasteiger partial charge in [-0.05, 0) is 37.3 Å². The molecule has 3 nitrogen and oxygen atoms in total. The highest BCUT2D eigenvalue weighted by molar-refractivity contribution is 6.04. The molecule has 0 aliphatic heterocycles. The van der Waals surface area contributed by atoms with Crippen LogP contribution in [0.15, 0.2) is 48.5 Å². The largest absolute Gasteiger partial charge is 0.322 e. The first-order valence-corrected chi connectivity index (χ1v) is 6.36. The molecule has 0 spiro atoms. The molecule has 3 N–H and O–H groups in total. The zero-order chi connectivity index (χ0) is 14.4. The summed E-state index contributed by atoms with van der Waals surface area (Å²) in [6.45, 7) is 2.31. The molecule has 0 saturated carbocycles. The van der Waals surface area contributed by atoms with Crippen molar-refractivity contribution < 1.29 is 4.79 Å². The van der Waals surface area contributed by atoms with E-state index in [2.05, 4.69) is 17.2 Å². The van der Waals surface area contributed by atoms with Crippen LogP contribution in [0, 0.1) is 18.8 Å². The molecule has 3 heteroatoms. The summed E-state index contributed by atoms with van der Waals surface area (Å²) < 4.78 is 0. The second-order valence-electron chi connectivity index (χ2n) is 4.41. The monoisotopic (exact) mass is 264 g/mol. The van der Waals surface area contributed by atoms with Crippen molar-refractivity contribution in [2.24, 2.45) is 5.73 Å². The summed E-state index contributed by atoms with van der Waals surface area (Å²) in [7, 11) is 0. The maximum Gasteiger partial charge on any atom is 0.255 e. The third-order valence-corrected chi connectivity index (χ3v) is 2.77. The Morgan fingerprint density at radius 1 is 1.20 bits per heavy atom. The van der Waals surface area contributed by atoms with E-state index in [1.807, 2.05) is 43.3 Å². The Bertz CT molecular complexity index is 663. The molecule has 0 heterocycles. The van der Waals surface area contributed by atoms with Crippen LogP contribution in [0.25, 0.3) is 0 Å². The molecular weight excluding hydrogens is 248 g/mol. The van der Waals surface area contributed by atoms with Crippen LogP contribution in [-0.4, -0.2) is 12.5 Å². The van der Waals surface area contributed by atoms with Crippen LogP contribution in [0.3, 0.4) is 0 Å². The van der Waals surface area contributed by atoms with Crippen LogP contribution in [0.4, 0.5) is 5.69 Å². The molecule has 1 amide bonds. The van der Waals surface area contributed by atoms with Gasteiger partial charge in [0, 0.05) is 16.8 Å². The highest BCUT2D eigenvalue weighted by Gasteiger charge is 2.06. The van der Waals surface area contributed by atoms with Crippen molar-refractivity contribution in [3.05, 3.63) is 65.2 Å². The lowest BCUT2D eigenvalue weighted by Crippen LogP contribution is -2.11. The maximum atomic E-state index is 12.1. The van der Waals surface area contributed by atoms with Gasteiger partial charge < -0.3 is 11.1 Å². The van der Waals surface area contributed by atoms with E-state index in [-0.39, 0.29) is 5.91 Å². The van der Waals surface area contributed by atoms with Gasteiger partial charge in [0.15, 0.2) is 0 Å². The Kier molecular flexibility index (Phi) is 4.54. The number of amides is 1. The van der Waals surface area contributed by atoms with Gasteiger partial charge in [0.2, 0.25) is 0 Å². The lowest BCUT2D eigenvalue weighted by molar-refractivity contribution is 0.102. The first-order valence-electron chi connectivity index (χ1n) is 6.36. The maximum absolute atomic E-state index is 12.1. The molecule has 0 unspecified atom stereocenters. The smallest absolute Gasteiger partial charge is 0.255 e. The predicted molar refractivity (Wildman–Crippen MR) is 81.5 cm³/mol. The quantitative estimate of drug-likeness (QED) is 0.819. The normalized spacial score (nSPS) is 9.50. The number of carbonyl (C=O) groups excluding carboxylic acids is 1. The predicted octanol–water partition coefficient (Wildman–Crippen LogP) is 2.56. The number of rotatable bonds is 2. The summed E-state index contributed by atoms with van der Waals surface area (Å²) in [6.07, 6.45) is 0. The van der Waals surface area contributed by atoms with E-state index < -0.39 is 0 Å². The molecule has 0 radical (unpaired) electrons. The Labute approximate surface area is 118 Å². The molecule has 20 heavy (non-hydrogen) atoms. The molecule has 2 rings (SSSR count). The average Bonchev–Trinajstić information content (AvgIpc) is 2.48. The minimum absolute atomic E-state index is 0.148. The van der Waals surface area contributed by atoms with E-state index in [4.69, 9.17) is 5.73 Å². The first-order chi connectivity index (χ1) is 9.69. The molecule has 100 valence electrons. The average molecular weight is 264 g/mol.